The molecule has 1 aromatic carbocycles. The molecule has 0 aliphatic rings. The van der Waals surface area contributed by atoms with Gasteiger partial charge in [-0.3, -0.25) is 0 Å². The van der Waals surface area contributed by atoms with Crippen molar-refractivity contribution in [3.05, 3.63) is 29.3 Å². The summed E-state index contributed by atoms with van der Waals surface area (Å²) in [4.78, 5) is 2.23. The second-order valence-corrected chi connectivity index (χ2v) is 4.58. The zero-order chi connectivity index (χ0) is 13.4. The van der Waals surface area contributed by atoms with E-state index < -0.39 is 0 Å². The molecule has 3 nitrogen and oxygen atoms in total. The van der Waals surface area contributed by atoms with Crippen LogP contribution >= 0.6 is 0 Å². The Kier molecular flexibility index (Phi) is 6.76. The van der Waals surface area contributed by atoms with Crippen LogP contribution < -0.4 is 4.74 Å². The summed E-state index contributed by atoms with van der Waals surface area (Å²) in [6, 6.07) is 6.20. The summed E-state index contributed by atoms with van der Waals surface area (Å²) in [5.74, 6) is 1.02. The summed E-state index contributed by atoms with van der Waals surface area (Å²) in [5.41, 5.74) is 2.38. The van der Waals surface area contributed by atoms with Crippen LogP contribution in [0, 0.1) is 13.8 Å². The van der Waals surface area contributed by atoms with Gasteiger partial charge in [0.25, 0.3) is 0 Å². The number of aliphatic hydroxyl groups excluding tert-OH is 1. The van der Waals surface area contributed by atoms with E-state index in [9.17, 15) is 0 Å². The number of ether oxygens (including phenoxy) is 1. The smallest absolute Gasteiger partial charge is 0.125 e. The molecule has 0 fully saturated rings. The van der Waals surface area contributed by atoms with Gasteiger partial charge in [-0.05, 0) is 37.9 Å². The van der Waals surface area contributed by atoms with Gasteiger partial charge in [0.1, 0.15) is 5.75 Å². The van der Waals surface area contributed by atoms with Gasteiger partial charge < -0.3 is 14.7 Å². The highest BCUT2D eigenvalue weighted by Gasteiger charge is 2.04. The monoisotopic (exact) mass is 251 g/mol. The highest BCUT2D eigenvalue weighted by Crippen LogP contribution is 2.22. The first-order valence-corrected chi connectivity index (χ1v) is 6.71. The van der Waals surface area contributed by atoms with E-state index in [-0.39, 0.29) is 6.61 Å². The molecule has 0 bridgehead atoms. The minimum Gasteiger partial charge on any atom is -0.493 e. The van der Waals surface area contributed by atoms with E-state index >= 15 is 0 Å². The first-order chi connectivity index (χ1) is 8.69. The first kappa shape index (κ1) is 15.0. The summed E-state index contributed by atoms with van der Waals surface area (Å²) < 4.78 is 5.85. The van der Waals surface area contributed by atoms with Gasteiger partial charge in [-0.25, -0.2) is 0 Å². The van der Waals surface area contributed by atoms with Crippen LogP contribution in [0.15, 0.2) is 18.2 Å². The van der Waals surface area contributed by atoms with Crippen molar-refractivity contribution in [2.24, 2.45) is 0 Å². The number of aliphatic hydroxyl groups is 1. The second kappa shape index (κ2) is 8.11. The van der Waals surface area contributed by atoms with Crippen molar-refractivity contribution >= 4 is 0 Å². The highest BCUT2D eigenvalue weighted by atomic mass is 16.5. The van der Waals surface area contributed by atoms with Gasteiger partial charge in [0.15, 0.2) is 0 Å². The predicted octanol–water partition coefficient (Wildman–Crippen LogP) is 2.39. The SMILES string of the molecule is CCN(CCO)CCCOc1c(C)cccc1C. The maximum atomic E-state index is 8.90. The van der Waals surface area contributed by atoms with E-state index in [1.54, 1.807) is 0 Å². The molecule has 0 aliphatic heterocycles. The molecule has 1 N–H and O–H groups in total. The largest absolute Gasteiger partial charge is 0.493 e. The lowest BCUT2D eigenvalue weighted by Crippen LogP contribution is -2.28. The maximum absolute atomic E-state index is 8.90. The molecule has 0 unspecified atom stereocenters. The van der Waals surface area contributed by atoms with Crippen molar-refractivity contribution in [3.63, 3.8) is 0 Å². The van der Waals surface area contributed by atoms with Crippen LogP contribution in [0.4, 0.5) is 0 Å². The van der Waals surface area contributed by atoms with Gasteiger partial charge in [-0.1, -0.05) is 25.1 Å². The van der Waals surface area contributed by atoms with Crippen LogP contribution in [0.1, 0.15) is 24.5 Å². The molecular formula is C15H25NO2. The Morgan fingerprint density at radius 3 is 2.39 bits per heavy atom. The minimum atomic E-state index is 0.228. The number of nitrogens with zero attached hydrogens (tertiary/aromatic N) is 1. The number of likely N-dealkylation sites (N-methyl/N-ethyl adjacent to an activating group) is 1. The fourth-order valence-corrected chi connectivity index (χ4v) is 2.06. The van der Waals surface area contributed by atoms with Gasteiger partial charge in [0.2, 0.25) is 0 Å². The Labute approximate surface area is 110 Å². The van der Waals surface area contributed by atoms with Crippen LogP contribution in [0.2, 0.25) is 0 Å². The lowest BCUT2D eigenvalue weighted by molar-refractivity contribution is 0.189. The molecule has 0 atom stereocenters. The molecule has 0 saturated carbocycles. The Hall–Kier alpha value is -1.06. The number of aryl methyl sites for hydroxylation is 2. The maximum Gasteiger partial charge on any atom is 0.125 e. The van der Waals surface area contributed by atoms with Crippen LogP contribution in [-0.2, 0) is 0 Å². The third-order valence-electron chi connectivity index (χ3n) is 3.14. The van der Waals surface area contributed by atoms with Crippen molar-refractivity contribution in [1.29, 1.82) is 0 Å². The minimum absolute atomic E-state index is 0.228. The van der Waals surface area contributed by atoms with Gasteiger partial charge in [-0.15, -0.1) is 0 Å². The lowest BCUT2D eigenvalue weighted by Gasteiger charge is -2.19. The molecule has 0 saturated heterocycles. The quantitative estimate of drug-likeness (QED) is 0.720. The average molecular weight is 251 g/mol. The van der Waals surface area contributed by atoms with Gasteiger partial charge in [0, 0.05) is 13.1 Å². The number of hydrogen-bond acceptors (Lipinski definition) is 3. The Balaban J connectivity index is 2.33. The van der Waals surface area contributed by atoms with E-state index in [2.05, 4.69) is 43.9 Å². The standard InChI is InChI=1S/C15H25NO2/c1-4-16(10-11-17)9-6-12-18-15-13(2)7-5-8-14(15)3/h5,7-8,17H,4,6,9-12H2,1-3H3. The van der Waals surface area contributed by atoms with Crippen molar-refractivity contribution in [2.75, 3.05) is 32.8 Å². The first-order valence-electron chi connectivity index (χ1n) is 6.71. The van der Waals surface area contributed by atoms with Crippen molar-refractivity contribution < 1.29 is 9.84 Å². The molecule has 0 spiro atoms. The van der Waals surface area contributed by atoms with Gasteiger partial charge in [-0.2, -0.15) is 0 Å². The lowest BCUT2D eigenvalue weighted by atomic mass is 10.1. The van der Waals surface area contributed by atoms with Crippen molar-refractivity contribution in [1.82, 2.24) is 4.90 Å². The zero-order valence-electron chi connectivity index (χ0n) is 11.8. The summed E-state index contributed by atoms with van der Waals surface area (Å²) >= 11 is 0. The third kappa shape index (κ3) is 4.67. The summed E-state index contributed by atoms with van der Waals surface area (Å²) in [7, 11) is 0. The van der Waals surface area contributed by atoms with E-state index in [0.717, 1.165) is 38.4 Å². The predicted molar refractivity (Wildman–Crippen MR) is 75.2 cm³/mol. The normalized spacial score (nSPS) is 10.9. The fraction of sp³-hybridized carbons (Fsp3) is 0.600. The molecule has 3 heteroatoms. The fourth-order valence-electron chi connectivity index (χ4n) is 2.06. The number of para-hydroxylation sites is 1. The zero-order valence-corrected chi connectivity index (χ0v) is 11.8. The Morgan fingerprint density at radius 1 is 1.17 bits per heavy atom. The highest BCUT2D eigenvalue weighted by molar-refractivity contribution is 5.39. The molecule has 0 heterocycles. The van der Waals surface area contributed by atoms with E-state index in [0.29, 0.717) is 0 Å². The van der Waals surface area contributed by atoms with Crippen LogP contribution in [0.3, 0.4) is 0 Å². The molecule has 0 aromatic heterocycles. The summed E-state index contributed by atoms with van der Waals surface area (Å²) in [6.07, 6.45) is 0.988. The second-order valence-electron chi connectivity index (χ2n) is 4.58. The summed E-state index contributed by atoms with van der Waals surface area (Å²) in [5, 5.41) is 8.90. The molecule has 0 radical (unpaired) electrons. The third-order valence-corrected chi connectivity index (χ3v) is 3.14. The molecule has 102 valence electrons. The topological polar surface area (TPSA) is 32.7 Å². The van der Waals surface area contributed by atoms with E-state index in [4.69, 9.17) is 9.84 Å². The van der Waals surface area contributed by atoms with Gasteiger partial charge >= 0.3 is 0 Å². The molecule has 18 heavy (non-hydrogen) atoms. The number of benzene rings is 1. The average Bonchev–Trinajstić information content (AvgIpc) is 2.36. The van der Waals surface area contributed by atoms with Crippen molar-refractivity contribution in [3.8, 4) is 5.75 Å². The number of hydrogen-bond donors (Lipinski definition) is 1. The van der Waals surface area contributed by atoms with Crippen LogP contribution in [-0.4, -0.2) is 42.9 Å². The Morgan fingerprint density at radius 2 is 1.83 bits per heavy atom. The van der Waals surface area contributed by atoms with Crippen LogP contribution in [0.5, 0.6) is 5.75 Å². The molecule has 0 amide bonds. The van der Waals surface area contributed by atoms with Gasteiger partial charge in [0.05, 0.1) is 13.2 Å². The van der Waals surface area contributed by atoms with E-state index in [1.807, 2.05) is 0 Å². The van der Waals surface area contributed by atoms with Crippen LogP contribution in [0.25, 0.3) is 0 Å². The number of rotatable bonds is 8. The Bertz CT molecular complexity index is 332. The van der Waals surface area contributed by atoms with E-state index in [1.165, 1.54) is 11.1 Å². The molecular weight excluding hydrogens is 226 g/mol. The molecule has 1 rings (SSSR count). The molecule has 0 aliphatic carbocycles. The molecule has 1 aromatic rings. The summed E-state index contributed by atoms with van der Waals surface area (Å²) in [6.45, 7) is 9.92. The van der Waals surface area contributed by atoms with Crippen molar-refractivity contribution in [2.45, 2.75) is 27.2 Å².